The lowest BCUT2D eigenvalue weighted by Gasteiger charge is -2.32. The number of alkyl halides is 2. The Hall–Kier alpha value is -1.74. The van der Waals surface area contributed by atoms with Crippen LogP contribution in [0.4, 0.5) is 8.78 Å². The SMILES string of the molecule is O=C(O)CC1CN(C(=O)c2sccc2OC(F)F)CCO1. The Labute approximate surface area is 122 Å². The van der Waals surface area contributed by atoms with E-state index in [1.807, 2.05) is 0 Å². The topological polar surface area (TPSA) is 76.1 Å². The van der Waals surface area contributed by atoms with Gasteiger partial charge >= 0.3 is 12.6 Å². The minimum absolute atomic E-state index is 0.0753. The third-order valence-corrected chi connectivity index (χ3v) is 3.75. The molecule has 1 aliphatic rings. The van der Waals surface area contributed by atoms with E-state index in [9.17, 15) is 18.4 Å². The summed E-state index contributed by atoms with van der Waals surface area (Å²) >= 11 is 1.00. The van der Waals surface area contributed by atoms with Gasteiger partial charge in [0, 0.05) is 13.1 Å². The molecule has 1 unspecified atom stereocenters. The van der Waals surface area contributed by atoms with E-state index in [2.05, 4.69) is 4.74 Å². The van der Waals surface area contributed by atoms with Gasteiger partial charge in [0.25, 0.3) is 5.91 Å². The lowest BCUT2D eigenvalue weighted by Crippen LogP contribution is -2.46. The molecular weight excluding hydrogens is 308 g/mol. The van der Waals surface area contributed by atoms with E-state index in [1.54, 1.807) is 0 Å². The number of nitrogens with zero attached hydrogens (tertiary/aromatic N) is 1. The van der Waals surface area contributed by atoms with Crippen LogP contribution in [0.1, 0.15) is 16.1 Å². The van der Waals surface area contributed by atoms with E-state index >= 15 is 0 Å². The predicted molar refractivity (Wildman–Crippen MR) is 68.8 cm³/mol. The third kappa shape index (κ3) is 4.11. The first kappa shape index (κ1) is 15.6. The molecule has 1 N–H and O–H groups in total. The van der Waals surface area contributed by atoms with Crippen molar-refractivity contribution in [2.45, 2.75) is 19.1 Å². The van der Waals surface area contributed by atoms with Crippen molar-refractivity contribution in [2.24, 2.45) is 0 Å². The average Bonchev–Trinajstić information content (AvgIpc) is 2.84. The molecule has 1 fully saturated rings. The molecule has 0 radical (unpaired) electrons. The molecule has 1 aliphatic heterocycles. The van der Waals surface area contributed by atoms with Crippen molar-refractivity contribution >= 4 is 23.2 Å². The minimum Gasteiger partial charge on any atom is -0.481 e. The molecule has 1 amide bonds. The number of carboxylic acid groups (broad SMARTS) is 1. The molecule has 1 aromatic heterocycles. The summed E-state index contributed by atoms with van der Waals surface area (Å²) < 4.78 is 34.1. The molecular formula is C12H13F2NO5S. The number of hydrogen-bond acceptors (Lipinski definition) is 5. The number of amides is 1. The van der Waals surface area contributed by atoms with Gasteiger partial charge in [-0.05, 0) is 11.4 Å². The number of rotatable bonds is 5. The first-order valence-corrected chi connectivity index (χ1v) is 7.00. The van der Waals surface area contributed by atoms with Crippen LogP contribution in [0, 0.1) is 0 Å². The quantitative estimate of drug-likeness (QED) is 0.893. The molecule has 0 bridgehead atoms. The minimum atomic E-state index is -3.00. The Morgan fingerprint density at radius 1 is 1.57 bits per heavy atom. The second kappa shape index (κ2) is 6.81. The number of ether oxygens (including phenoxy) is 2. The highest BCUT2D eigenvalue weighted by atomic mass is 32.1. The third-order valence-electron chi connectivity index (χ3n) is 2.87. The Kier molecular flexibility index (Phi) is 5.07. The average molecular weight is 321 g/mol. The standard InChI is InChI=1S/C12H13F2NO5S/c13-12(14)20-8-1-4-21-10(8)11(18)15-2-3-19-7(6-15)5-9(16)17/h1,4,7,12H,2-3,5-6H2,(H,16,17). The van der Waals surface area contributed by atoms with Crippen molar-refractivity contribution in [1.29, 1.82) is 0 Å². The van der Waals surface area contributed by atoms with Gasteiger partial charge in [-0.25, -0.2) is 0 Å². The van der Waals surface area contributed by atoms with Crippen LogP contribution in [0.25, 0.3) is 0 Å². The van der Waals surface area contributed by atoms with E-state index in [4.69, 9.17) is 9.84 Å². The molecule has 21 heavy (non-hydrogen) atoms. The largest absolute Gasteiger partial charge is 0.481 e. The van der Waals surface area contributed by atoms with Crippen molar-refractivity contribution in [3.63, 3.8) is 0 Å². The molecule has 1 aromatic rings. The maximum Gasteiger partial charge on any atom is 0.387 e. The lowest BCUT2D eigenvalue weighted by molar-refractivity contribution is -0.141. The molecule has 9 heteroatoms. The number of halogens is 2. The van der Waals surface area contributed by atoms with Gasteiger partial charge in [-0.15, -0.1) is 11.3 Å². The van der Waals surface area contributed by atoms with E-state index in [0.29, 0.717) is 0 Å². The van der Waals surface area contributed by atoms with Gasteiger partial charge < -0.3 is 19.5 Å². The summed E-state index contributed by atoms with van der Waals surface area (Å²) in [5, 5.41) is 10.2. The molecule has 0 saturated carbocycles. The van der Waals surface area contributed by atoms with Crippen LogP contribution in [0.15, 0.2) is 11.4 Å². The fraction of sp³-hybridized carbons (Fsp3) is 0.500. The molecule has 0 aromatic carbocycles. The number of morpholine rings is 1. The first-order valence-electron chi connectivity index (χ1n) is 6.12. The number of carbonyl (C=O) groups is 2. The number of aliphatic carboxylic acids is 1. The Balaban J connectivity index is 2.05. The maximum absolute atomic E-state index is 12.3. The van der Waals surface area contributed by atoms with Crippen molar-refractivity contribution in [1.82, 2.24) is 4.90 Å². The molecule has 0 aliphatic carbocycles. The van der Waals surface area contributed by atoms with Gasteiger partial charge in [-0.1, -0.05) is 0 Å². The Morgan fingerprint density at radius 2 is 2.33 bits per heavy atom. The van der Waals surface area contributed by atoms with Crippen LogP contribution in [-0.4, -0.2) is 54.3 Å². The lowest BCUT2D eigenvalue weighted by atomic mass is 10.2. The summed E-state index contributed by atoms with van der Waals surface area (Å²) in [5.41, 5.74) is 0. The molecule has 6 nitrogen and oxygen atoms in total. The summed E-state index contributed by atoms with van der Waals surface area (Å²) in [6.45, 7) is -2.41. The van der Waals surface area contributed by atoms with Gasteiger partial charge in [0.15, 0.2) is 0 Å². The van der Waals surface area contributed by atoms with Crippen molar-refractivity contribution in [3.05, 3.63) is 16.3 Å². The number of carbonyl (C=O) groups excluding carboxylic acids is 1. The maximum atomic E-state index is 12.3. The monoisotopic (exact) mass is 321 g/mol. The van der Waals surface area contributed by atoms with Crippen LogP contribution in [-0.2, 0) is 9.53 Å². The number of carboxylic acids is 1. The van der Waals surface area contributed by atoms with Crippen molar-refractivity contribution in [2.75, 3.05) is 19.7 Å². The molecule has 2 rings (SSSR count). The first-order chi connectivity index (χ1) is 9.97. The zero-order chi connectivity index (χ0) is 15.4. The fourth-order valence-corrected chi connectivity index (χ4v) is 2.80. The highest BCUT2D eigenvalue weighted by molar-refractivity contribution is 7.12. The predicted octanol–water partition coefficient (Wildman–Crippen LogP) is 1.67. The molecule has 1 saturated heterocycles. The van der Waals surface area contributed by atoms with Crippen LogP contribution in [0.5, 0.6) is 5.75 Å². The Morgan fingerprint density at radius 3 is 3.00 bits per heavy atom. The van der Waals surface area contributed by atoms with Crippen LogP contribution >= 0.6 is 11.3 Å². The highest BCUT2D eigenvalue weighted by Crippen LogP contribution is 2.28. The normalized spacial score (nSPS) is 18.8. The zero-order valence-electron chi connectivity index (χ0n) is 10.8. The van der Waals surface area contributed by atoms with E-state index in [1.165, 1.54) is 16.3 Å². The van der Waals surface area contributed by atoms with Gasteiger partial charge in [0.05, 0.1) is 19.1 Å². The summed E-state index contributed by atoms with van der Waals surface area (Å²) in [6, 6.07) is 1.30. The molecule has 116 valence electrons. The van der Waals surface area contributed by atoms with Gasteiger partial charge in [-0.2, -0.15) is 8.78 Å². The van der Waals surface area contributed by atoms with Crippen LogP contribution in [0.3, 0.4) is 0 Å². The summed E-state index contributed by atoms with van der Waals surface area (Å²) in [4.78, 5) is 24.4. The van der Waals surface area contributed by atoms with E-state index in [-0.39, 0.29) is 36.7 Å². The van der Waals surface area contributed by atoms with Crippen molar-refractivity contribution < 1.29 is 33.0 Å². The summed E-state index contributed by atoms with van der Waals surface area (Å²) in [7, 11) is 0. The van der Waals surface area contributed by atoms with Gasteiger partial charge in [-0.3, -0.25) is 9.59 Å². The summed E-state index contributed by atoms with van der Waals surface area (Å²) in [5.74, 6) is -1.65. The number of hydrogen-bond donors (Lipinski definition) is 1. The summed E-state index contributed by atoms with van der Waals surface area (Å²) in [6.07, 6.45) is -0.811. The molecule has 0 spiro atoms. The van der Waals surface area contributed by atoms with Crippen molar-refractivity contribution in [3.8, 4) is 5.75 Å². The van der Waals surface area contributed by atoms with E-state index < -0.39 is 24.6 Å². The van der Waals surface area contributed by atoms with Crippen LogP contribution in [0.2, 0.25) is 0 Å². The Bertz CT molecular complexity index is 522. The second-order valence-electron chi connectivity index (χ2n) is 4.33. The highest BCUT2D eigenvalue weighted by Gasteiger charge is 2.29. The smallest absolute Gasteiger partial charge is 0.387 e. The fourth-order valence-electron chi connectivity index (χ4n) is 2.01. The van der Waals surface area contributed by atoms with Crippen LogP contribution < -0.4 is 4.74 Å². The zero-order valence-corrected chi connectivity index (χ0v) is 11.6. The van der Waals surface area contributed by atoms with Gasteiger partial charge in [0.1, 0.15) is 10.6 Å². The second-order valence-corrected chi connectivity index (χ2v) is 5.25. The van der Waals surface area contributed by atoms with E-state index in [0.717, 1.165) is 11.3 Å². The number of thiophene rings is 1. The van der Waals surface area contributed by atoms with Gasteiger partial charge in [0.2, 0.25) is 0 Å². The molecule has 1 atom stereocenters. The molecule has 2 heterocycles.